The van der Waals surface area contributed by atoms with E-state index in [1.165, 1.54) is 0 Å². The van der Waals surface area contributed by atoms with Gasteiger partial charge >= 0.3 is 0 Å². The predicted octanol–water partition coefficient (Wildman–Crippen LogP) is 4.59. The van der Waals surface area contributed by atoms with Crippen molar-refractivity contribution in [2.75, 3.05) is 62.4 Å². The van der Waals surface area contributed by atoms with Gasteiger partial charge < -0.3 is 20.0 Å². The summed E-state index contributed by atoms with van der Waals surface area (Å²) >= 11 is 0. The van der Waals surface area contributed by atoms with Crippen molar-refractivity contribution >= 4 is 33.9 Å². The number of fused-ring (bicyclic) bond motifs is 1. The molecule has 0 aliphatic carbocycles. The Morgan fingerprint density at radius 3 is 2.40 bits per heavy atom. The first-order chi connectivity index (χ1) is 17.0. The van der Waals surface area contributed by atoms with Crippen molar-refractivity contribution in [3.63, 3.8) is 0 Å². The van der Waals surface area contributed by atoms with E-state index in [2.05, 4.69) is 80.1 Å². The molecule has 0 radical (unpaired) electrons. The van der Waals surface area contributed by atoms with Gasteiger partial charge in [0.1, 0.15) is 17.5 Å². The molecule has 0 amide bonds. The second kappa shape index (κ2) is 9.72. The molecule has 4 aromatic rings. The van der Waals surface area contributed by atoms with E-state index in [4.69, 9.17) is 0 Å². The Bertz CT molecular complexity index is 1340. The normalized spacial score (nSPS) is 14.2. The molecule has 0 unspecified atom stereocenters. The third-order valence-corrected chi connectivity index (χ3v) is 6.46. The van der Waals surface area contributed by atoms with Crippen molar-refractivity contribution in [1.29, 1.82) is 0 Å². The van der Waals surface area contributed by atoms with Crippen LogP contribution in [-0.2, 0) is 0 Å². The molecule has 0 atom stereocenters. The Hall–Kier alpha value is -3.97. The Morgan fingerprint density at radius 1 is 0.857 bits per heavy atom. The van der Waals surface area contributed by atoms with Crippen LogP contribution >= 0.6 is 0 Å². The van der Waals surface area contributed by atoms with Crippen molar-refractivity contribution in [3.8, 4) is 11.1 Å². The lowest BCUT2D eigenvalue weighted by atomic mass is 10.0. The first-order valence-corrected chi connectivity index (χ1v) is 11.9. The third kappa shape index (κ3) is 5.10. The summed E-state index contributed by atoms with van der Waals surface area (Å²) in [7, 11) is 6.14. The largest absolute Gasteiger partial charge is 0.363 e. The highest BCUT2D eigenvalue weighted by Gasteiger charge is 2.16. The van der Waals surface area contributed by atoms with E-state index in [0.29, 0.717) is 0 Å². The second-order valence-electron chi connectivity index (χ2n) is 9.23. The number of benzene rings is 1. The van der Waals surface area contributed by atoms with Crippen LogP contribution < -0.4 is 15.1 Å². The molecule has 35 heavy (non-hydrogen) atoms. The van der Waals surface area contributed by atoms with Gasteiger partial charge in [-0.3, -0.25) is 0 Å². The Balaban J connectivity index is 1.34. The highest BCUT2D eigenvalue weighted by molar-refractivity contribution is 5.89. The van der Waals surface area contributed by atoms with Crippen LogP contribution in [0.5, 0.6) is 0 Å². The zero-order chi connectivity index (χ0) is 24.4. The van der Waals surface area contributed by atoms with Crippen molar-refractivity contribution in [1.82, 2.24) is 19.9 Å². The van der Waals surface area contributed by atoms with Crippen molar-refractivity contribution in [2.24, 2.45) is 0 Å². The lowest BCUT2D eigenvalue weighted by Crippen LogP contribution is -2.44. The minimum Gasteiger partial charge on any atom is -0.363 e. The third-order valence-electron chi connectivity index (χ3n) is 6.46. The summed E-state index contributed by atoms with van der Waals surface area (Å²) in [4.78, 5) is 20.4. The van der Waals surface area contributed by atoms with Gasteiger partial charge in [-0.25, -0.2) is 15.0 Å². The predicted molar refractivity (Wildman–Crippen MR) is 146 cm³/mol. The van der Waals surface area contributed by atoms with Crippen LogP contribution in [0.2, 0.25) is 0 Å². The Morgan fingerprint density at radius 2 is 1.66 bits per heavy atom. The van der Waals surface area contributed by atoms with Gasteiger partial charge in [-0.1, -0.05) is 18.7 Å². The van der Waals surface area contributed by atoms with Gasteiger partial charge in [0.05, 0.1) is 0 Å². The maximum Gasteiger partial charge on any atom is 0.130 e. The average molecular weight is 466 g/mol. The summed E-state index contributed by atoms with van der Waals surface area (Å²) in [6.45, 7) is 8.32. The molecular formula is C28H31N7. The van der Waals surface area contributed by atoms with Gasteiger partial charge in [-0.05, 0) is 54.4 Å². The molecule has 7 nitrogen and oxygen atoms in total. The number of rotatable bonds is 6. The summed E-state index contributed by atoms with van der Waals surface area (Å²) in [5.74, 6) is 2.69. The van der Waals surface area contributed by atoms with Crippen molar-refractivity contribution < 1.29 is 0 Å². The number of nitrogens with zero attached hydrogens (tertiary/aromatic N) is 6. The second-order valence-corrected chi connectivity index (χ2v) is 9.23. The van der Waals surface area contributed by atoms with Gasteiger partial charge in [0, 0.05) is 81.1 Å². The highest BCUT2D eigenvalue weighted by Crippen LogP contribution is 2.27. The van der Waals surface area contributed by atoms with Crippen LogP contribution in [-0.4, -0.2) is 67.2 Å². The van der Waals surface area contributed by atoms with Gasteiger partial charge in [0.2, 0.25) is 0 Å². The van der Waals surface area contributed by atoms with Crippen LogP contribution in [0.15, 0.2) is 73.7 Å². The minimum absolute atomic E-state index is 0.763. The number of anilines is 3. The minimum atomic E-state index is 0.763. The monoisotopic (exact) mass is 465 g/mol. The molecule has 178 valence electrons. The van der Waals surface area contributed by atoms with E-state index >= 15 is 0 Å². The molecule has 3 aromatic heterocycles. The molecule has 0 saturated carbocycles. The fourth-order valence-electron chi connectivity index (χ4n) is 4.25. The molecule has 0 bridgehead atoms. The smallest absolute Gasteiger partial charge is 0.130 e. The number of likely N-dealkylation sites (N-methyl/N-ethyl adjacent to an activating group) is 1. The number of aromatic nitrogens is 3. The molecule has 1 aromatic carbocycles. The van der Waals surface area contributed by atoms with E-state index in [1.807, 2.05) is 49.7 Å². The SMILES string of the molecule is C=C(Nc1cc2cc(-c3ccc(N(C)C)nc3)ccc2cn1)c1ccnc(N2CCN(C)CC2)c1. The highest BCUT2D eigenvalue weighted by atomic mass is 15.3. The number of hydrogen-bond acceptors (Lipinski definition) is 7. The summed E-state index contributed by atoms with van der Waals surface area (Å²) in [6.07, 6.45) is 5.66. The quantitative estimate of drug-likeness (QED) is 0.447. The lowest BCUT2D eigenvalue weighted by Gasteiger charge is -2.33. The van der Waals surface area contributed by atoms with E-state index in [0.717, 1.165) is 76.8 Å². The zero-order valence-electron chi connectivity index (χ0n) is 20.6. The Labute approximate surface area is 206 Å². The molecule has 0 spiro atoms. The molecular weight excluding hydrogens is 434 g/mol. The van der Waals surface area contributed by atoms with Crippen LogP contribution in [0.4, 0.5) is 17.5 Å². The van der Waals surface area contributed by atoms with E-state index in [9.17, 15) is 0 Å². The van der Waals surface area contributed by atoms with E-state index in [-0.39, 0.29) is 0 Å². The topological polar surface area (TPSA) is 60.4 Å². The van der Waals surface area contributed by atoms with Gasteiger partial charge in [0.25, 0.3) is 0 Å². The van der Waals surface area contributed by atoms with E-state index < -0.39 is 0 Å². The maximum absolute atomic E-state index is 4.61. The van der Waals surface area contributed by atoms with Crippen LogP contribution in [0, 0.1) is 0 Å². The van der Waals surface area contributed by atoms with Gasteiger partial charge in [-0.2, -0.15) is 0 Å². The van der Waals surface area contributed by atoms with Crippen molar-refractivity contribution in [3.05, 3.63) is 79.3 Å². The fraction of sp³-hybridized carbons (Fsp3) is 0.250. The number of nitrogens with one attached hydrogen (secondary N) is 1. The summed E-state index contributed by atoms with van der Waals surface area (Å²) in [6, 6.07) is 16.7. The average Bonchev–Trinajstić information content (AvgIpc) is 2.89. The standard InChI is InChI=1S/C28H31N7/c1-20(21-9-10-29-28(17-21)35-13-11-34(4)12-14-35)32-26-16-25-15-22(5-6-24(25)18-30-26)23-7-8-27(31-19-23)33(2)3/h5-10,15-19H,1,11-14H2,2-4H3,(H,30,32). The fourth-order valence-corrected chi connectivity index (χ4v) is 4.25. The number of piperazine rings is 1. The van der Waals surface area contributed by atoms with Crippen LogP contribution in [0.3, 0.4) is 0 Å². The number of hydrogen-bond donors (Lipinski definition) is 1. The molecule has 5 rings (SSSR count). The lowest BCUT2D eigenvalue weighted by molar-refractivity contribution is 0.312. The summed E-state index contributed by atoms with van der Waals surface area (Å²) in [5.41, 5.74) is 4.02. The summed E-state index contributed by atoms with van der Waals surface area (Å²) < 4.78 is 0. The number of pyridine rings is 3. The first-order valence-electron chi connectivity index (χ1n) is 11.9. The summed E-state index contributed by atoms with van der Waals surface area (Å²) in [5, 5.41) is 5.58. The molecule has 7 heteroatoms. The molecule has 4 heterocycles. The van der Waals surface area contributed by atoms with Gasteiger partial charge in [0.15, 0.2) is 0 Å². The zero-order valence-corrected chi connectivity index (χ0v) is 20.6. The molecule has 1 fully saturated rings. The van der Waals surface area contributed by atoms with Crippen LogP contribution in [0.25, 0.3) is 27.6 Å². The Kier molecular flexibility index (Phi) is 6.33. The molecule has 1 saturated heterocycles. The molecule has 1 aliphatic rings. The van der Waals surface area contributed by atoms with Crippen molar-refractivity contribution in [2.45, 2.75) is 0 Å². The first kappa shape index (κ1) is 22.8. The van der Waals surface area contributed by atoms with E-state index in [1.54, 1.807) is 0 Å². The van der Waals surface area contributed by atoms with Gasteiger partial charge in [-0.15, -0.1) is 0 Å². The van der Waals surface area contributed by atoms with Crippen LogP contribution in [0.1, 0.15) is 5.56 Å². The molecule has 1 N–H and O–H groups in total. The maximum atomic E-state index is 4.61. The molecule has 1 aliphatic heterocycles.